The van der Waals surface area contributed by atoms with Crippen LogP contribution in [0.5, 0.6) is 0 Å². The van der Waals surface area contributed by atoms with Gasteiger partial charge in [-0.2, -0.15) is 5.10 Å². The molecule has 1 aromatic rings. The van der Waals surface area contributed by atoms with Gasteiger partial charge in [0.2, 0.25) is 5.91 Å². The third-order valence-electron chi connectivity index (χ3n) is 2.76. The highest BCUT2D eigenvalue weighted by molar-refractivity contribution is 5.98. The maximum atomic E-state index is 11.3. The quantitative estimate of drug-likeness (QED) is 0.750. The average molecular weight is 250 g/mol. The van der Waals surface area contributed by atoms with Crippen molar-refractivity contribution in [2.24, 2.45) is 0 Å². The van der Waals surface area contributed by atoms with Gasteiger partial charge >= 0.3 is 0 Å². The molecule has 0 saturated heterocycles. The summed E-state index contributed by atoms with van der Waals surface area (Å²) in [7, 11) is 0. The third-order valence-corrected chi connectivity index (χ3v) is 2.76. The van der Waals surface area contributed by atoms with E-state index in [2.05, 4.69) is 29.2 Å². The lowest BCUT2D eigenvalue weighted by Gasteiger charge is -2.17. The second-order valence-electron chi connectivity index (χ2n) is 4.01. The predicted molar refractivity (Wildman–Crippen MR) is 73.5 cm³/mol. The van der Waals surface area contributed by atoms with E-state index in [9.17, 15) is 4.79 Å². The Kier molecular flexibility index (Phi) is 6.14. The molecule has 0 radical (unpaired) electrons. The van der Waals surface area contributed by atoms with Gasteiger partial charge in [-0.15, -0.1) is 0 Å². The zero-order chi connectivity index (χ0) is 13.4. The molecule has 1 aromatic heterocycles. The topological polar surface area (TPSA) is 50.2 Å². The van der Waals surface area contributed by atoms with Crippen molar-refractivity contribution in [1.29, 1.82) is 0 Å². The molecule has 0 bridgehead atoms. The van der Waals surface area contributed by atoms with Crippen LogP contribution in [-0.2, 0) is 11.3 Å². The molecule has 18 heavy (non-hydrogen) atoms. The number of allylic oxidation sites excluding steroid dienone is 1. The second-order valence-corrected chi connectivity index (χ2v) is 4.01. The normalized spacial score (nSPS) is 11.3. The smallest absolute Gasteiger partial charge is 0.248 e. The molecular formula is C13H22N4O. The van der Waals surface area contributed by atoms with E-state index in [1.54, 1.807) is 12.3 Å². The molecule has 0 unspecified atom stereocenters. The molecule has 1 amide bonds. The Morgan fingerprint density at radius 1 is 1.50 bits per heavy atom. The number of amides is 1. The van der Waals surface area contributed by atoms with E-state index in [0.717, 1.165) is 31.9 Å². The Balaban J connectivity index is 2.45. The van der Waals surface area contributed by atoms with E-state index in [1.165, 1.54) is 6.08 Å². The molecule has 0 aliphatic heterocycles. The van der Waals surface area contributed by atoms with Crippen LogP contribution >= 0.6 is 0 Å². The molecule has 1 heterocycles. The number of carbonyl (C=O) groups is 1. The van der Waals surface area contributed by atoms with Gasteiger partial charge in [0.15, 0.2) is 0 Å². The van der Waals surface area contributed by atoms with Crippen molar-refractivity contribution in [3.05, 3.63) is 24.5 Å². The van der Waals surface area contributed by atoms with E-state index in [0.29, 0.717) is 0 Å². The standard InChI is InChI=1S/C13H22N4O/c1-4-7-13(18)15-12-10-14-17(11-12)9-8-16(5-2)6-3/h4,7,10-11H,5-6,8-9H2,1-3H3,(H,15,18). The fourth-order valence-electron chi connectivity index (χ4n) is 1.67. The summed E-state index contributed by atoms with van der Waals surface area (Å²) >= 11 is 0. The number of carbonyl (C=O) groups excluding carboxylic acids is 1. The van der Waals surface area contributed by atoms with E-state index in [4.69, 9.17) is 0 Å². The van der Waals surface area contributed by atoms with Crippen molar-refractivity contribution in [3.8, 4) is 0 Å². The first-order chi connectivity index (χ1) is 8.69. The summed E-state index contributed by atoms with van der Waals surface area (Å²) in [4.78, 5) is 13.7. The number of hydrogen-bond acceptors (Lipinski definition) is 3. The Hall–Kier alpha value is -1.62. The molecule has 5 nitrogen and oxygen atoms in total. The first-order valence-corrected chi connectivity index (χ1v) is 6.38. The summed E-state index contributed by atoms with van der Waals surface area (Å²) in [6.45, 7) is 10.0. The maximum Gasteiger partial charge on any atom is 0.248 e. The molecule has 0 aromatic carbocycles. The molecule has 0 aliphatic rings. The van der Waals surface area contributed by atoms with Crippen molar-refractivity contribution in [2.75, 3.05) is 25.0 Å². The van der Waals surface area contributed by atoms with E-state index < -0.39 is 0 Å². The van der Waals surface area contributed by atoms with Crippen molar-refractivity contribution in [3.63, 3.8) is 0 Å². The highest BCUT2D eigenvalue weighted by atomic mass is 16.1. The fraction of sp³-hybridized carbons (Fsp3) is 0.538. The van der Waals surface area contributed by atoms with Gasteiger partial charge in [-0.05, 0) is 26.1 Å². The SMILES string of the molecule is CC=CC(=O)Nc1cnn(CCN(CC)CC)c1. The highest BCUT2D eigenvalue weighted by Gasteiger charge is 2.03. The Labute approximate surface area is 108 Å². The van der Waals surface area contributed by atoms with Crippen LogP contribution < -0.4 is 5.32 Å². The molecule has 0 aliphatic carbocycles. The molecule has 1 rings (SSSR count). The van der Waals surface area contributed by atoms with E-state index >= 15 is 0 Å². The molecule has 0 fully saturated rings. The summed E-state index contributed by atoms with van der Waals surface area (Å²) in [6, 6.07) is 0. The van der Waals surface area contributed by atoms with Gasteiger partial charge in [-0.25, -0.2) is 0 Å². The number of hydrogen-bond donors (Lipinski definition) is 1. The summed E-state index contributed by atoms with van der Waals surface area (Å²) in [6.07, 6.45) is 6.72. The van der Waals surface area contributed by atoms with Gasteiger partial charge in [0.25, 0.3) is 0 Å². The number of nitrogens with one attached hydrogen (secondary N) is 1. The van der Waals surface area contributed by atoms with Crippen LogP contribution in [0.4, 0.5) is 5.69 Å². The zero-order valence-electron chi connectivity index (χ0n) is 11.4. The molecule has 100 valence electrons. The van der Waals surface area contributed by atoms with Crippen LogP contribution in [-0.4, -0.2) is 40.2 Å². The number of aromatic nitrogens is 2. The van der Waals surface area contributed by atoms with Crippen molar-refractivity contribution < 1.29 is 4.79 Å². The van der Waals surface area contributed by atoms with Gasteiger partial charge < -0.3 is 10.2 Å². The number of anilines is 1. The van der Waals surface area contributed by atoms with Gasteiger partial charge in [-0.3, -0.25) is 9.48 Å². The summed E-state index contributed by atoms with van der Waals surface area (Å²) < 4.78 is 1.85. The minimum Gasteiger partial charge on any atom is -0.320 e. The third kappa shape index (κ3) is 4.71. The lowest BCUT2D eigenvalue weighted by Crippen LogP contribution is -2.27. The largest absolute Gasteiger partial charge is 0.320 e. The molecule has 5 heteroatoms. The van der Waals surface area contributed by atoms with Crippen molar-refractivity contribution in [1.82, 2.24) is 14.7 Å². The van der Waals surface area contributed by atoms with E-state index in [-0.39, 0.29) is 5.91 Å². The van der Waals surface area contributed by atoms with Gasteiger partial charge in [0.1, 0.15) is 0 Å². The van der Waals surface area contributed by atoms with Crippen LogP contribution in [0.25, 0.3) is 0 Å². The highest BCUT2D eigenvalue weighted by Crippen LogP contribution is 2.05. The van der Waals surface area contributed by atoms with Gasteiger partial charge in [0, 0.05) is 12.7 Å². The molecule has 1 N–H and O–H groups in total. The Morgan fingerprint density at radius 2 is 2.22 bits per heavy atom. The van der Waals surface area contributed by atoms with Crippen LogP contribution in [0, 0.1) is 0 Å². The maximum absolute atomic E-state index is 11.3. The monoisotopic (exact) mass is 250 g/mol. The molecular weight excluding hydrogens is 228 g/mol. The number of rotatable bonds is 7. The minimum absolute atomic E-state index is 0.124. The van der Waals surface area contributed by atoms with Gasteiger partial charge in [0.05, 0.1) is 18.4 Å². The fourth-order valence-corrected chi connectivity index (χ4v) is 1.67. The van der Waals surface area contributed by atoms with Crippen LogP contribution in [0.3, 0.4) is 0 Å². The van der Waals surface area contributed by atoms with Crippen LogP contribution in [0.15, 0.2) is 24.5 Å². The van der Waals surface area contributed by atoms with Gasteiger partial charge in [-0.1, -0.05) is 19.9 Å². The van der Waals surface area contributed by atoms with E-state index in [1.807, 2.05) is 17.8 Å². The molecule has 0 saturated carbocycles. The Bertz CT molecular complexity index is 393. The lowest BCUT2D eigenvalue weighted by molar-refractivity contribution is -0.111. The summed E-state index contributed by atoms with van der Waals surface area (Å²) in [5.74, 6) is -0.124. The van der Waals surface area contributed by atoms with Crippen molar-refractivity contribution in [2.45, 2.75) is 27.3 Å². The first-order valence-electron chi connectivity index (χ1n) is 6.38. The number of nitrogens with zero attached hydrogens (tertiary/aromatic N) is 3. The summed E-state index contributed by atoms with van der Waals surface area (Å²) in [5.41, 5.74) is 0.734. The van der Waals surface area contributed by atoms with Crippen LogP contribution in [0.1, 0.15) is 20.8 Å². The molecule has 0 atom stereocenters. The number of likely N-dealkylation sites (N-methyl/N-ethyl adjacent to an activating group) is 1. The Morgan fingerprint density at radius 3 is 2.83 bits per heavy atom. The average Bonchev–Trinajstić information content (AvgIpc) is 2.78. The van der Waals surface area contributed by atoms with Crippen molar-refractivity contribution >= 4 is 11.6 Å². The van der Waals surface area contributed by atoms with Crippen LogP contribution in [0.2, 0.25) is 0 Å². The first kappa shape index (κ1) is 14.4. The zero-order valence-corrected chi connectivity index (χ0v) is 11.4. The minimum atomic E-state index is -0.124. The lowest BCUT2D eigenvalue weighted by atomic mass is 10.4. The summed E-state index contributed by atoms with van der Waals surface area (Å²) in [5, 5.41) is 6.98. The molecule has 0 spiro atoms. The predicted octanol–water partition coefficient (Wildman–Crippen LogP) is 1.74. The second kappa shape index (κ2) is 7.66.